The highest BCUT2D eigenvalue weighted by Gasteiger charge is 2.18. The van der Waals surface area contributed by atoms with E-state index in [9.17, 15) is 4.79 Å². The molecular formula is C16H24N2O2. The lowest BCUT2D eigenvalue weighted by Gasteiger charge is -2.33. The third-order valence-corrected chi connectivity index (χ3v) is 3.77. The zero-order chi connectivity index (χ0) is 14.4. The summed E-state index contributed by atoms with van der Waals surface area (Å²) in [5, 5.41) is 2.91. The summed E-state index contributed by atoms with van der Waals surface area (Å²) in [6.45, 7) is 4.06. The Morgan fingerprint density at radius 1 is 1.30 bits per heavy atom. The van der Waals surface area contributed by atoms with Crippen LogP contribution in [-0.4, -0.2) is 32.2 Å². The summed E-state index contributed by atoms with van der Waals surface area (Å²) < 4.78 is 5.39. The fourth-order valence-electron chi connectivity index (χ4n) is 2.56. The molecule has 0 aromatic heterocycles. The van der Waals surface area contributed by atoms with Gasteiger partial charge in [0.1, 0.15) is 0 Å². The average Bonchev–Trinajstić information content (AvgIpc) is 2.48. The first-order valence-corrected chi connectivity index (χ1v) is 7.40. The van der Waals surface area contributed by atoms with Gasteiger partial charge in [0.05, 0.1) is 6.10 Å². The van der Waals surface area contributed by atoms with Crippen LogP contribution in [0, 0.1) is 0 Å². The van der Waals surface area contributed by atoms with Crippen LogP contribution < -0.4 is 10.2 Å². The lowest BCUT2D eigenvalue weighted by atomic mass is 10.1. The predicted octanol–water partition coefficient (Wildman–Crippen LogP) is 3.04. The van der Waals surface area contributed by atoms with Crippen molar-refractivity contribution >= 4 is 17.3 Å². The molecule has 1 aliphatic rings. The Bertz CT molecular complexity index is 423. The van der Waals surface area contributed by atoms with E-state index in [1.54, 1.807) is 7.11 Å². The molecule has 4 nitrogen and oxygen atoms in total. The van der Waals surface area contributed by atoms with Crippen LogP contribution in [0.15, 0.2) is 24.3 Å². The fraction of sp³-hybridized carbons (Fsp3) is 0.562. The largest absolute Gasteiger partial charge is 0.381 e. The Morgan fingerprint density at radius 3 is 2.50 bits per heavy atom. The highest BCUT2D eigenvalue weighted by atomic mass is 16.5. The van der Waals surface area contributed by atoms with Gasteiger partial charge in [-0.1, -0.05) is 6.92 Å². The van der Waals surface area contributed by atoms with Gasteiger partial charge in [-0.3, -0.25) is 4.79 Å². The number of amides is 1. The number of hydrogen-bond acceptors (Lipinski definition) is 3. The molecule has 4 heteroatoms. The molecule has 1 heterocycles. The summed E-state index contributed by atoms with van der Waals surface area (Å²) in [4.78, 5) is 13.9. The van der Waals surface area contributed by atoms with Crippen molar-refractivity contribution in [3.63, 3.8) is 0 Å². The van der Waals surface area contributed by atoms with E-state index >= 15 is 0 Å². The van der Waals surface area contributed by atoms with Crippen LogP contribution in [0.4, 0.5) is 11.4 Å². The van der Waals surface area contributed by atoms with E-state index in [0.717, 1.165) is 38.0 Å². The van der Waals surface area contributed by atoms with E-state index in [2.05, 4.69) is 22.3 Å². The van der Waals surface area contributed by atoms with E-state index in [-0.39, 0.29) is 5.91 Å². The van der Waals surface area contributed by atoms with Crippen molar-refractivity contribution < 1.29 is 9.53 Å². The molecule has 0 spiro atoms. The van der Waals surface area contributed by atoms with Crippen LogP contribution in [0.25, 0.3) is 0 Å². The fourth-order valence-corrected chi connectivity index (χ4v) is 2.56. The third-order valence-electron chi connectivity index (χ3n) is 3.77. The topological polar surface area (TPSA) is 41.6 Å². The first-order valence-electron chi connectivity index (χ1n) is 7.40. The molecule has 1 aromatic rings. The van der Waals surface area contributed by atoms with Crippen LogP contribution in [0.3, 0.4) is 0 Å². The van der Waals surface area contributed by atoms with Gasteiger partial charge in [-0.25, -0.2) is 0 Å². The SMILES string of the molecule is CCCC(=O)Nc1ccc(N2CCC(OC)CC2)cc1. The standard InChI is InChI=1S/C16H24N2O2/c1-3-4-16(19)17-13-5-7-14(8-6-13)18-11-9-15(20-2)10-12-18/h5-8,15H,3-4,9-12H2,1-2H3,(H,17,19). The number of nitrogens with one attached hydrogen (secondary N) is 1. The maximum absolute atomic E-state index is 11.5. The van der Waals surface area contributed by atoms with Crippen molar-refractivity contribution in [2.75, 3.05) is 30.4 Å². The molecule has 1 fully saturated rings. The van der Waals surface area contributed by atoms with Crippen LogP contribution in [0.1, 0.15) is 32.6 Å². The van der Waals surface area contributed by atoms with Crippen LogP contribution in [-0.2, 0) is 9.53 Å². The van der Waals surface area contributed by atoms with Gasteiger partial charge in [0.2, 0.25) is 5.91 Å². The second kappa shape index (κ2) is 7.29. The Balaban J connectivity index is 1.90. The Labute approximate surface area is 121 Å². The molecule has 0 saturated carbocycles. The molecule has 1 saturated heterocycles. The van der Waals surface area contributed by atoms with E-state index < -0.39 is 0 Å². The highest BCUT2D eigenvalue weighted by molar-refractivity contribution is 5.90. The molecule has 1 aliphatic heterocycles. The Kier molecular flexibility index (Phi) is 5.41. The van der Waals surface area contributed by atoms with Crippen molar-refractivity contribution in [1.29, 1.82) is 0 Å². The van der Waals surface area contributed by atoms with Gasteiger partial charge in [-0.2, -0.15) is 0 Å². The van der Waals surface area contributed by atoms with Gasteiger partial charge in [0, 0.05) is 38.0 Å². The number of carbonyl (C=O) groups excluding carboxylic acids is 1. The molecule has 0 atom stereocenters. The molecule has 1 N–H and O–H groups in total. The van der Waals surface area contributed by atoms with Gasteiger partial charge >= 0.3 is 0 Å². The molecule has 0 unspecified atom stereocenters. The molecule has 20 heavy (non-hydrogen) atoms. The molecule has 1 aromatic carbocycles. The van der Waals surface area contributed by atoms with E-state index in [4.69, 9.17) is 4.74 Å². The minimum absolute atomic E-state index is 0.0844. The van der Waals surface area contributed by atoms with Crippen molar-refractivity contribution in [3.05, 3.63) is 24.3 Å². The van der Waals surface area contributed by atoms with Crippen LogP contribution >= 0.6 is 0 Å². The third kappa shape index (κ3) is 3.97. The number of piperidine rings is 1. The number of ether oxygens (including phenoxy) is 1. The molecule has 0 radical (unpaired) electrons. The van der Waals surface area contributed by atoms with Gasteiger partial charge in [0.25, 0.3) is 0 Å². The number of hydrogen-bond donors (Lipinski definition) is 1. The number of methoxy groups -OCH3 is 1. The second-order valence-electron chi connectivity index (χ2n) is 5.27. The van der Waals surface area contributed by atoms with Gasteiger partial charge in [-0.15, -0.1) is 0 Å². The van der Waals surface area contributed by atoms with E-state index in [0.29, 0.717) is 12.5 Å². The van der Waals surface area contributed by atoms with Gasteiger partial charge in [-0.05, 0) is 43.5 Å². The first kappa shape index (κ1) is 14.9. The minimum atomic E-state index is 0.0844. The van der Waals surface area contributed by atoms with Crippen molar-refractivity contribution in [1.82, 2.24) is 0 Å². The Morgan fingerprint density at radius 2 is 1.95 bits per heavy atom. The average molecular weight is 276 g/mol. The van der Waals surface area contributed by atoms with Crippen LogP contribution in [0.2, 0.25) is 0 Å². The number of rotatable bonds is 5. The summed E-state index contributed by atoms with van der Waals surface area (Å²) >= 11 is 0. The second-order valence-corrected chi connectivity index (χ2v) is 5.27. The summed E-state index contributed by atoms with van der Waals surface area (Å²) in [6.07, 6.45) is 4.00. The monoisotopic (exact) mass is 276 g/mol. The van der Waals surface area contributed by atoms with Crippen molar-refractivity contribution in [2.45, 2.75) is 38.7 Å². The molecule has 1 amide bonds. The first-order chi connectivity index (χ1) is 9.72. The molecule has 0 aliphatic carbocycles. The molecule has 110 valence electrons. The number of benzene rings is 1. The zero-order valence-electron chi connectivity index (χ0n) is 12.4. The van der Waals surface area contributed by atoms with E-state index in [1.165, 1.54) is 5.69 Å². The normalized spacial score (nSPS) is 16.2. The lowest BCUT2D eigenvalue weighted by Crippen LogP contribution is -2.36. The zero-order valence-corrected chi connectivity index (χ0v) is 12.4. The van der Waals surface area contributed by atoms with E-state index in [1.807, 2.05) is 19.1 Å². The molecular weight excluding hydrogens is 252 g/mol. The van der Waals surface area contributed by atoms with Gasteiger partial charge in [0.15, 0.2) is 0 Å². The minimum Gasteiger partial charge on any atom is -0.381 e. The maximum Gasteiger partial charge on any atom is 0.224 e. The number of anilines is 2. The molecule has 2 rings (SSSR count). The van der Waals surface area contributed by atoms with Crippen LogP contribution in [0.5, 0.6) is 0 Å². The summed E-state index contributed by atoms with van der Waals surface area (Å²) in [7, 11) is 1.79. The Hall–Kier alpha value is -1.55. The highest BCUT2D eigenvalue weighted by Crippen LogP contribution is 2.23. The van der Waals surface area contributed by atoms with Gasteiger partial charge < -0.3 is 15.0 Å². The maximum atomic E-state index is 11.5. The number of nitrogens with zero attached hydrogens (tertiary/aromatic N) is 1. The molecule has 0 bridgehead atoms. The van der Waals surface area contributed by atoms with Crippen molar-refractivity contribution in [2.24, 2.45) is 0 Å². The van der Waals surface area contributed by atoms with Crippen molar-refractivity contribution in [3.8, 4) is 0 Å². The lowest BCUT2D eigenvalue weighted by molar-refractivity contribution is -0.116. The number of carbonyl (C=O) groups is 1. The summed E-state index contributed by atoms with van der Waals surface area (Å²) in [5.41, 5.74) is 2.09. The smallest absolute Gasteiger partial charge is 0.224 e. The summed E-state index contributed by atoms with van der Waals surface area (Å²) in [6, 6.07) is 8.11. The predicted molar refractivity (Wildman–Crippen MR) is 82.2 cm³/mol. The quantitative estimate of drug-likeness (QED) is 0.898. The summed E-state index contributed by atoms with van der Waals surface area (Å²) in [5.74, 6) is 0.0844.